The summed E-state index contributed by atoms with van der Waals surface area (Å²) in [7, 11) is -3.34. The van der Waals surface area contributed by atoms with Gasteiger partial charge >= 0.3 is 5.97 Å². The maximum atomic E-state index is 11.9. The van der Waals surface area contributed by atoms with Crippen LogP contribution in [-0.4, -0.2) is 33.2 Å². The molecule has 8 heteroatoms. The van der Waals surface area contributed by atoms with E-state index < -0.39 is 28.3 Å². The first-order valence-corrected chi connectivity index (χ1v) is 9.47. The molecule has 1 N–H and O–H groups in total. The zero-order valence-electron chi connectivity index (χ0n) is 13.6. The van der Waals surface area contributed by atoms with Crippen molar-refractivity contribution in [2.45, 2.75) is 11.8 Å². The average molecular weight is 382 g/mol. The molecule has 0 atom stereocenters. The zero-order valence-corrected chi connectivity index (χ0v) is 15.1. The molecule has 0 radical (unpaired) electrons. The van der Waals surface area contributed by atoms with E-state index in [2.05, 4.69) is 5.32 Å². The average Bonchev–Trinajstić information content (AvgIpc) is 2.54. The standard InChI is InChI=1S/C17H16ClNO5S/c1-11-3-8-15(14(18)9-11)19-16(20)10-24-17(21)12-4-6-13(7-5-12)25(2,22)23/h3-9H,10H2,1-2H3,(H,19,20). The summed E-state index contributed by atoms with van der Waals surface area (Å²) in [6.07, 6.45) is 1.07. The van der Waals surface area contributed by atoms with E-state index in [-0.39, 0.29) is 10.5 Å². The predicted octanol–water partition coefficient (Wildman–Crippen LogP) is 2.85. The van der Waals surface area contributed by atoms with Gasteiger partial charge in [-0.15, -0.1) is 0 Å². The molecule has 0 spiro atoms. The van der Waals surface area contributed by atoms with E-state index in [1.807, 2.05) is 6.92 Å². The lowest BCUT2D eigenvalue weighted by Gasteiger charge is -2.09. The Labute approximate surface area is 150 Å². The number of aryl methyl sites for hydroxylation is 1. The SMILES string of the molecule is Cc1ccc(NC(=O)COC(=O)c2ccc(S(C)(=O)=O)cc2)c(Cl)c1. The first-order chi connectivity index (χ1) is 11.7. The lowest BCUT2D eigenvalue weighted by atomic mass is 10.2. The first-order valence-electron chi connectivity index (χ1n) is 7.20. The monoisotopic (exact) mass is 381 g/mol. The third kappa shape index (κ3) is 5.30. The number of benzene rings is 2. The van der Waals surface area contributed by atoms with Crippen LogP contribution in [0.5, 0.6) is 0 Å². The van der Waals surface area contributed by atoms with Crippen molar-refractivity contribution < 1.29 is 22.7 Å². The van der Waals surface area contributed by atoms with E-state index in [1.165, 1.54) is 24.3 Å². The molecular weight excluding hydrogens is 366 g/mol. The molecule has 0 heterocycles. The minimum atomic E-state index is -3.34. The predicted molar refractivity (Wildman–Crippen MR) is 94.7 cm³/mol. The van der Waals surface area contributed by atoms with Gasteiger partial charge in [-0.1, -0.05) is 17.7 Å². The van der Waals surface area contributed by atoms with Gasteiger partial charge in [0.15, 0.2) is 16.4 Å². The Kier molecular flexibility index (Phi) is 5.81. The summed E-state index contributed by atoms with van der Waals surface area (Å²) in [6.45, 7) is 1.38. The van der Waals surface area contributed by atoms with Gasteiger partial charge in [0.05, 0.1) is 21.2 Å². The van der Waals surface area contributed by atoms with Gasteiger partial charge in [-0.2, -0.15) is 0 Å². The Balaban J connectivity index is 1.94. The summed E-state index contributed by atoms with van der Waals surface area (Å²) in [5, 5.41) is 2.93. The summed E-state index contributed by atoms with van der Waals surface area (Å²) in [4.78, 5) is 23.8. The number of esters is 1. The van der Waals surface area contributed by atoms with E-state index in [4.69, 9.17) is 16.3 Å². The first kappa shape index (κ1) is 19.0. The van der Waals surface area contributed by atoms with Gasteiger partial charge < -0.3 is 10.1 Å². The van der Waals surface area contributed by atoms with Crippen molar-refractivity contribution in [1.82, 2.24) is 0 Å². The van der Waals surface area contributed by atoms with Crippen LogP contribution < -0.4 is 5.32 Å². The molecule has 2 aromatic rings. The summed E-state index contributed by atoms with van der Waals surface area (Å²) in [5.41, 5.74) is 1.52. The van der Waals surface area contributed by atoms with Gasteiger partial charge in [-0.3, -0.25) is 4.79 Å². The van der Waals surface area contributed by atoms with Gasteiger partial charge in [-0.05, 0) is 48.9 Å². The Morgan fingerprint density at radius 3 is 2.32 bits per heavy atom. The fourth-order valence-electron chi connectivity index (χ4n) is 1.96. The van der Waals surface area contributed by atoms with Gasteiger partial charge in [0.1, 0.15) is 0 Å². The second-order valence-corrected chi connectivity index (χ2v) is 7.83. The number of hydrogen-bond donors (Lipinski definition) is 1. The molecule has 0 saturated heterocycles. The van der Waals surface area contributed by atoms with Crippen molar-refractivity contribution in [2.75, 3.05) is 18.2 Å². The summed E-state index contributed by atoms with van der Waals surface area (Å²) >= 11 is 6.01. The molecule has 0 aliphatic carbocycles. The van der Waals surface area contributed by atoms with E-state index in [1.54, 1.807) is 18.2 Å². The Morgan fingerprint density at radius 1 is 1.12 bits per heavy atom. The minimum Gasteiger partial charge on any atom is -0.452 e. The lowest BCUT2D eigenvalue weighted by molar-refractivity contribution is -0.119. The van der Waals surface area contributed by atoms with Crippen LogP contribution >= 0.6 is 11.6 Å². The zero-order chi connectivity index (χ0) is 18.6. The summed E-state index contributed by atoms with van der Waals surface area (Å²) in [6, 6.07) is 10.4. The molecule has 0 saturated carbocycles. The highest BCUT2D eigenvalue weighted by Gasteiger charge is 2.13. The summed E-state index contributed by atoms with van der Waals surface area (Å²) in [5.74, 6) is -1.27. The highest BCUT2D eigenvalue weighted by atomic mass is 35.5. The van der Waals surface area contributed by atoms with Crippen molar-refractivity contribution >= 4 is 39.0 Å². The topological polar surface area (TPSA) is 89.5 Å². The van der Waals surface area contributed by atoms with Crippen molar-refractivity contribution in [1.29, 1.82) is 0 Å². The molecule has 0 aliphatic heterocycles. The van der Waals surface area contributed by atoms with Crippen molar-refractivity contribution in [2.24, 2.45) is 0 Å². The number of anilines is 1. The van der Waals surface area contributed by atoms with Crippen molar-refractivity contribution in [3.63, 3.8) is 0 Å². The molecule has 2 aromatic carbocycles. The smallest absolute Gasteiger partial charge is 0.338 e. The van der Waals surface area contributed by atoms with E-state index in [9.17, 15) is 18.0 Å². The van der Waals surface area contributed by atoms with Crippen LogP contribution in [-0.2, 0) is 19.4 Å². The highest BCUT2D eigenvalue weighted by Crippen LogP contribution is 2.22. The molecule has 0 unspecified atom stereocenters. The number of rotatable bonds is 5. The van der Waals surface area contributed by atoms with Crippen LogP contribution in [0.15, 0.2) is 47.4 Å². The van der Waals surface area contributed by atoms with Gasteiger partial charge in [0, 0.05) is 6.26 Å². The molecule has 25 heavy (non-hydrogen) atoms. The number of nitrogens with one attached hydrogen (secondary N) is 1. The van der Waals surface area contributed by atoms with Crippen LogP contribution in [0.2, 0.25) is 5.02 Å². The van der Waals surface area contributed by atoms with Gasteiger partial charge in [0.25, 0.3) is 5.91 Å². The number of ether oxygens (including phenoxy) is 1. The number of sulfone groups is 1. The molecule has 0 fully saturated rings. The molecular formula is C17H16ClNO5S. The molecule has 132 valence electrons. The Morgan fingerprint density at radius 2 is 1.76 bits per heavy atom. The van der Waals surface area contributed by atoms with E-state index >= 15 is 0 Å². The third-order valence-electron chi connectivity index (χ3n) is 3.25. The maximum Gasteiger partial charge on any atom is 0.338 e. The molecule has 2 rings (SSSR count). The van der Waals surface area contributed by atoms with Crippen LogP contribution in [0.4, 0.5) is 5.69 Å². The molecule has 0 aliphatic rings. The highest BCUT2D eigenvalue weighted by molar-refractivity contribution is 7.90. The second kappa shape index (κ2) is 7.67. The normalized spacial score (nSPS) is 11.0. The molecule has 6 nitrogen and oxygen atoms in total. The maximum absolute atomic E-state index is 11.9. The number of halogens is 1. The third-order valence-corrected chi connectivity index (χ3v) is 4.69. The molecule has 1 amide bonds. The quantitative estimate of drug-likeness (QED) is 0.804. The van der Waals surface area contributed by atoms with Crippen molar-refractivity contribution in [3.8, 4) is 0 Å². The Bertz CT molecular complexity index is 907. The number of amides is 1. The fourth-order valence-corrected chi connectivity index (χ4v) is 2.87. The van der Waals surface area contributed by atoms with Crippen LogP contribution in [0.1, 0.15) is 15.9 Å². The molecule has 0 aromatic heterocycles. The lowest BCUT2D eigenvalue weighted by Crippen LogP contribution is -2.21. The molecule has 0 bridgehead atoms. The van der Waals surface area contributed by atoms with Crippen molar-refractivity contribution in [3.05, 3.63) is 58.6 Å². The fraction of sp³-hybridized carbons (Fsp3) is 0.176. The number of hydrogen-bond acceptors (Lipinski definition) is 5. The van der Waals surface area contributed by atoms with E-state index in [0.29, 0.717) is 10.7 Å². The van der Waals surface area contributed by atoms with Gasteiger partial charge in [0.2, 0.25) is 0 Å². The second-order valence-electron chi connectivity index (χ2n) is 5.40. The van der Waals surface area contributed by atoms with Crippen LogP contribution in [0.3, 0.4) is 0 Å². The number of carbonyl (C=O) groups excluding carboxylic acids is 2. The Hall–Kier alpha value is -2.38. The summed E-state index contributed by atoms with van der Waals surface area (Å²) < 4.78 is 27.7. The van der Waals surface area contributed by atoms with Crippen LogP contribution in [0.25, 0.3) is 0 Å². The number of carbonyl (C=O) groups is 2. The van der Waals surface area contributed by atoms with Crippen LogP contribution in [0, 0.1) is 6.92 Å². The van der Waals surface area contributed by atoms with E-state index in [0.717, 1.165) is 11.8 Å². The minimum absolute atomic E-state index is 0.0933. The van der Waals surface area contributed by atoms with Gasteiger partial charge in [-0.25, -0.2) is 13.2 Å². The largest absolute Gasteiger partial charge is 0.452 e.